The molecule has 0 atom stereocenters. The first-order chi connectivity index (χ1) is 13.6. The minimum Gasteiger partial charge on any atom is -0.475 e. The molecule has 28 heavy (non-hydrogen) atoms. The van der Waals surface area contributed by atoms with Crippen LogP contribution >= 0.6 is 0 Å². The van der Waals surface area contributed by atoms with Crippen LogP contribution in [0.3, 0.4) is 0 Å². The molecule has 0 unspecified atom stereocenters. The van der Waals surface area contributed by atoms with Gasteiger partial charge in [-0.3, -0.25) is 4.79 Å². The smallest absolute Gasteiger partial charge is 0.377 e. The maximum absolute atomic E-state index is 12.4. The van der Waals surface area contributed by atoms with Gasteiger partial charge < -0.3 is 14.6 Å². The van der Waals surface area contributed by atoms with Crippen LogP contribution in [0.15, 0.2) is 54.6 Å². The van der Waals surface area contributed by atoms with Gasteiger partial charge in [0.15, 0.2) is 6.79 Å². The molecular weight excluding hydrogens is 356 g/mol. The Hall–Kier alpha value is -3.18. The molecule has 5 heteroatoms. The van der Waals surface area contributed by atoms with Crippen LogP contribution in [0.1, 0.15) is 34.0 Å². The Morgan fingerprint density at radius 3 is 2.39 bits per heavy atom. The number of hydrogen-bond donors (Lipinski definition) is 1. The van der Waals surface area contributed by atoms with E-state index in [1.54, 1.807) is 19.2 Å². The predicted molar refractivity (Wildman–Crippen MR) is 107 cm³/mol. The fraction of sp³-hybridized carbons (Fsp3) is 0.217. The van der Waals surface area contributed by atoms with Gasteiger partial charge >= 0.3 is 5.97 Å². The van der Waals surface area contributed by atoms with E-state index < -0.39 is 11.8 Å². The lowest BCUT2D eigenvalue weighted by Crippen LogP contribution is -2.14. The van der Waals surface area contributed by atoms with Crippen LogP contribution in [0.2, 0.25) is 0 Å². The summed E-state index contributed by atoms with van der Waals surface area (Å²) in [6, 6.07) is 17.2. The maximum atomic E-state index is 12.4. The lowest BCUT2D eigenvalue weighted by molar-refractivity contribution is -0.131. The van der Waals surface area contributed by atoms with Crippen LogP contribution in [0.25, 0.3) is 10.8 Å². The molecule has 0 heterocycles. The first kappa shape index (κ1) is 19.6. The standard InChI is InChI=1S/C23H22O5/c1-3-16-13-19(21(24)23(25)26)18-11-7-10-17(12-15-8-5-4-6-9-15)20(18)22(16)28-14-27-2/h4-11,13H,3,12,14H2,1-2H3,(H,25,26). The number of Topliss-reactive ketones (excluding diaryl/α,β-unsaturated/α-hetero) is 1. The molecule has 0 aliphatic rings. The summed E-state index contributed by atoms with van der Waals surface area (Å²) in [6.07, 6.45) is 1.23. The minimum atomic E-state index is -1.47. The number of carbonyl (C=O) groups is 2. The van der Waals surface area contributed by atoms with E-state index in [4.69, 9.17) is 9.47 Å². The Bertz CT molecular complexity index is 1010. The fourth-order valence-corrected chi connectivity index (χ4v) is 3.38. The van der Waals surface area contributed by atoms with Gasteiger partial charge in [0.05, 0.1) is 0 Å². The fourth-order valence-electron chi connectivity index (χ4n) is 3.38. The molecule has 0 amide bonds. The molecule has 3 aromatic rings. The number of ketones is 1. The van der Waals surface area contributed by atoms with Gasteiger partial charge in [0.2, 0.25) is 0 Å². The topological polar surface area (TPSA) is 72.8 Å². The van der Waals surface area contributed by atoms with Gasteiger partial charge in [0.1, 0.15) is 5.75 Å². The highest BCUT2D eigenvalue weighted by Crippen LogP contribution is 2.37. The third-order valence-corrected chi connectivity index (χ3v) is 4.66. The SMILES string of the molecule is CCc1cc(C(=O)C(=O)O)c2cccc(Cc3ccccc3)c2c1OCOC. The van der Waals surface area contributed by atoms with Crippen molar-refractivity contribution in [1.29, 1.82) is 0 Å². The van der Waals surface area contributed by atoms with E-state index in [2.05, 4.69) is 0 Å². The second-order valence-electron chi connectivity index (χ2n) is 6.45. The molecule has 3 rings (SSSR count). The molecule has 0 bridgehead atoms. The molecule has 0 aromatic heterocycles. The van der Waals surface area contributed by atoms with Gasteiger partial charge in [-0.15, -0.1) is 0 Å². The van der Waals surface area contributed by atoms with Gasteiger partial charge in [0, 0.05) is 18.1 Å². The highest BCUT2D eigenvalue weighted by atomic mass is 16.7. The monoisotopic (exact) mass is 378 g/mol. The Morgan fingerprint density at radius 1 is 1.00 bits per heavy atom. The number of carboxylic acids is 1. The Balaban J connectivity index is 2.29. The zero-order valence-electron chi connectivity index (χ0n) is 15.9. The van der Waals surface area contributed by atoms with Crippen molar-refractivity contribution in [3.8, 4) is 5.75 Å². The summed E-state index contributed by atoms with van der Waals surface area (Å²) < 4.78 is 11.0. The van der Waals surface area contributed by atoms with E-state index in [1.165, 1.54) is 0 Å². The lowest BCUT2D eigenvalue weighted by atomic mass is 9.91. The van der Waals surface area contributed by atoms with Crippen molar-refractivity contribution >= 4 is 22.5 Å². The first-order valence-corrected chi connectivity index (χ1v) is 9.07. The average Bonchev–Trinajstić information content (AvgIpc) is 2.72. The van der Waals surface area contributed by atoms with Crippen molar-refractivity contribution in [2.24, 2.45) is 0 Å². The second-order valence-corrected chi connectivity index (χ2v) is 6.45. The number of benzene rings is 3. The number of carbonyl (C=O) groups excluding carboxylic acids is 1. The predicted octanol–water partition coefficient (Wildman–Crippen LogP) is 4.24. The summed E-state index contributed by atoms with van der Waals surface area (Å²) in [4.78, 5) is 23.7. The first-order valence-electron chi connectivity index (χ1n) is 9.07. The zero-order valence-corrected chi connectivity index (χ0v) is 15.9. The van der Waals surface area contributed by atoms with Crippen LogP contribution in [-0.2, 0) is 22.4 Å². The van der Waals surface area contributed by atoms with Crippen LogP contribution in [-0.4, -0.2) is 30.8 Å². The van der Waals surface area contributed by atoms with Crippen LogP contribution in [0, 0.1) is 0 Å². The molecule has 0 spiro atoms. The number of aliphatic carboxylic acids is 1. The Morgan fingerprint density at radius 2 is 1.75 bits per heavy atom. The molecule has 3 aromatic carbocycles. The normalized spacial score (nSPS) is 10.8. The summed E-state index contributed by atoms with van der Waals surface area (Å²) in [5, 5.41) is 10.6. The molecule has 0 saturated heterocycles. The largest absolute Gasteiger partial charge is 0.475 e. The molecule has 5 nitrogen and oxygen atoms in total. The summed E-state index contributed by atoms with van der Waals surface area (Å²) in [5.74, 6) is -1.76. The van der Waals surface area contributed by atoms with E-state index in [-0.39, 0.29) is 12.4 Å². The van der Waals surface area contributed by atoms with Gasteiger partial charge in [-0.25, -0.2) is 4.79 Å². The minimum absolute atomic E-state index is 0.0635. The molecular formula is C23H22O5. The van der Waals surface area contributed by atoms with Crippen LogP contribution < -0.4 is 4.74 Å². The number of carboxylic acid groups (broad SMARTS) is 1. The summed E-state index contributed by atoms with van der Waals surface area (Å²) in [6.45, 7) is 2.00. The summed E-state index contributed by atoms with van der Waals surface area (Å²) >= 11 is 0. The third kappa shape index (κ3) is 3.89. The van der Waals surface area contributed by atoms with E-state index in [0.29, 0.717) is 24.0 Å². The van der Waals surface area contributed by atoms with E-state index in [0.717, 1.165) is 22.1 Å². The zero-order chi connectivity index (χ0) is 20.1. The number of fused-ring (bicyclic) bond motifs is 1. The van der Waals surface area contributed by atoms with Crippen molar-refractivity contribution in [3.05, 3.63) is 76.9 Å². The van der Waals surface area contributed by atoms with Gasteiger partial charge in [0.25, 0.3) is 5.78 Å². The number of aryl methyl sites for hydroxylation is 1. The maximum Gasteiger partial charge on any atom is 0.377 e. The molecule has 144 valence electrons. The second kappa shape index (κ2) is 8.67. The highest BCUT2D eigenvalue weighted by molar-refractivity contribution is 6.42. The van der Waals surface area contributed by atoms with Gasteiger partial charge in [-0.05, 0) is 41.0 Å². The average molecular weight is 378 g/mol. The number of ether oxygens (including phenoxy) is 2. The molecule has 0 fully saturated rings. The number of rotatable bonds is 8. The summed E-state index contributed by atoms with van der Waals surface area (Å²) in [7, 11) is 1.54. The molecule has 1 N–H and O–H groups in total. The Kier molecular flexibility index (Phi) is 6.06. The van der Waals surface area contributed by atoms with Gasteiger partial charge in [-0.1, -0.05) is 55.5 Å². The van der Waals surface area contributed by atoms with E-state index in [9.17, 15) is 14.7 Å². The number of methoxy groups -OCH3 is 1. The quantitative estimate of drug-likeness (QED) is 0.360. The van der Waals surface area contributed by atoms with Crippen molar-refractivity contribution in [1.82, 2.24) is 0 Å². The van der Waals surface area contributed by atoms with Crippen molar-refractivity contribution < 1.29 is 24.2 Å². The molecule has 0 aliphatic heterocycles. The van der Waals surface area contributed by atoms with Crippen molar-refractivity contribution in [2.45, 2.75) is 19.8 Å². The van der Waals surface area contributed by atoms with Gasteiger partial charge in [-0.2, -0.15) is 0 Å². The van der Waals surface area contributed by atoms with Crippen molar-refractivity contribution in [2.75, 3.05) is 13.9 Å². The summed E-state index contributed by atoms with van der Waals surface area (Å²) in [5.41, 5.74) is 3.03. The third-order valence-electron chi connectivity index (χ3n) is 4.66. The Labute approximate surface area is 163 Å². The highest BCUT2D eigenvalue weighted by Gasteiger charge is 2.23. The van der Waals surface area contributed by atoms with Crippen molar-refractivity contribution in [3.63, 3.8) is 0 Å². The number of hydrogen-bond acceptors (Lipinski definition) is 4. The van der Waals surface area contributed by atoms with Crippen LogP contribution in [0.5, 0.6) is 5.75 Å². The van der Waals surface area contributed by atoms with E-state index >= 15 is 0 Å². The van der Waals surface area contributed by atoms with Crippen LogP contribution in [0.4, 0.5) is 0 Å². The lowest BCUT2D eigenvalue weighted by Gasteiger charge is -2.18. The molecule has 0 saturated carbocycles. The van der Waals surface area contributed by atoms with E-state index in [1.807, 2.05) is 49.4 Å². The molecule has 0 radical (unpaired) electrons. The molecule has 0 aliphatic carbocycles.